The third-order valence-corrected chi connectivity index (χ3v) is 4.00. The number of aliphatic hydroxyl groups is 1. The van der Waals surface area contributed by atoms with Crippen molar-refractivity contribution in [3.63, 3.8) is 0 Å². The molecule has 0 saturated heterocycles. The summed E-state index contributed by atoms with van der Waals surface area (Å²) in [6.45, 7) is -1.97. The lowest BCUT2D eigenvalue weighted by molar-refractivity contribution is -0.371. The van der Waals surface area contributed by atoms with Gasteiger partial charge in [0.05, 0.1) is 18.1 Å². The molecule has 1 rings (SSSR count). The number of halogens is 6. The second-order valence-electron chi connectivity index (χ2n) is 4.92. The minimum atomic E-state index is -5.98. The minimum absolute atomic E-state index is 0.308. The second-order valence-corrected chi connectivity index (χ2v) is 6.35. The summed E-state index contributed by atoms with van der Waals surface area (Å²) in [6.07, 6.45) is -13.8. The first-order valence-electron chi connectivity index (χ1n) is 6.32. The standard InChI is InChI=1S/C12H12F6O6S/c13-11(14,15)10(20,12(16,17)18)3-4-24-6-7-5-8(25(21,22)23)1-2-9(7)19/h1-2,5,19-20H,3-4,6H2,(H,21,22,23). The fourth-order valence-electron chi connectivity index (χ4n) is 1.68. The van der Waals surface area contributed by atoms with Crippen LogP contribution in [0.4, 0.5) is 26.3 Å². The zero-order chi connectivity index (χ0) is 19.7. The van der Waals surface area contributed by atoms with E-state index in [4.69, 9.17) is 9.66 Å². The van der Waals surface area contributed by atoms with Crippen LogP contribution in [0.5, 0.6) is 5.75 Å². The molecule has 0 aliphatic heterocycles. The fraction of sp³-hybridized carbons (Fsp3) is 0.500. The summed E-state index contributed by atoms with van der Waals surface area (Å²) in [7, 11) is -4.64. The Bertz CT molecular complexity index is 698. The van der Waals surface area contributed by atoms with Crippen molar-refractivity contribution >= 4 is 10.1 Å². The molecule has 3 N–H and O–H groups in total. The number of phenols is 1. The van der Waals surface area contributed by atoms with Crippen LogP contribution in [-0.2, 0) is 21.5 Å². The average Bonchev–Trinajstić information content (AvgIpc) is 2.41. The van der Waals surface area contributed by atoms with E-state index < -0.39 is 58.4 Å². The molecule has 1 aromatic carbocycles. The van der Waals surface area contributed by atoms with Gasteiger partial charge in [0.1, 0.15) is 5.75 Å². The van der Waals surface area contributed by atoms with Gasteiger partial charge in [0.25, 0.3) is 15.7 Å². The molecule has 0 unspecified atom stereocenters. The van der Waals surface area contributed by atoms with E-state index in [9.17, 15) is 39.9 Å². The van der Waals surface area contributed by atoms with E-state index in [1.165, 1.54) is 0 Å². The van der Waals surface area contributed by atoms with Crippen molar-refractivity contribution in [3.8, 4) is 5.75 Å². The maximum Gasteiger partial charge on any atom is 0.426 e. The Morgan fingerprint density at radius 2 is 1.56 bits per heavy atom. The highest BCUT2D eigenvalue weighted by atomic mass is 32.2. The molecule has 1 aromatic rings. The molecule has 0 aliphatic rings. The van der Waals surface area contributed by atoms with E-state index in [-0.39, 0.29) is 5.56 Å². The Morgan fingerprint density at radius 1 is 1.04 bits per heavy atom. The van der Waals surface area contributed by atoms with Crippen molar-refractivity contribution in [2.45, 2.75) is 35.9 Å². The number of aromatic hydroxyl groups is 1. The third-order valence-electron chi connectivity index (χ3n) is 3.15. The molecule has 0 atom stereocenters. The molecule has 0 saturated carbocycles. The summed E-state index contributed by atoms with van der Waals surface area (Å²) < 4.78 is 110. The summed E-state index contributed by atoms with van der Waals surface area (Å²) in [5.74, 6) is -0.561. The summed E-state index contributed by atoms with van der Waals surface area (Å²) in [5.41, 5.74) is -5.28. The van der Waals surface area contributed by atoms with E-state index in [1.807, 2.05) is 0 Å². The average molecular weight is 398 g/mol. The first-order valence-corrected chi connectivity index (χ1v) is 7.76. The minimum Gasteiger partial charge on any atom is -0.508 e. The highest BCUT2D eigenvalue weighted by Crippen LogP contribution is 2.45. The number of ether oxygens (including phenoxy) is 1. The number of hydrogen-bond acceptors (Lipinski definition) is 5. The molecule has 0 aliphatic carbocycles. The first kappa shape index (κ1) is 21.5. The van der Waals surface area contributed by atoms with Gasteiger partial charge in [-0.3, -0.25) is 4.55 Å². The van der Waals surface area contributed by atoms with Crippen LogP contribution < -0.4 is 0 Å². The van der Waals surface area contributed by atoms with Crippen molar-refractivity contribution in [1.29, 1.82) is 0 Å². The zero-order valence-electron chi connectivity index (χ0n) is 12.1. The number of alkyl halides is 6. The predicted octanol–water partition coefficient (Wildman–Crippen LogP) is 2.40. The molecule has 6 nitrogen and oxygen atoms in total. The predicted molar refractivity (Wildman–Crippen MR) is 69.3 cm³/mol. The number of hydrogen-bond donors (Lipinski definition) is 3. The van der Waals surface area contributed by atoms with Gasteiger partial charge in [-0.15, -0.1) is 0 Å². The third kappa shape index (κ3) is 4.96. The summed E-state index contributed by atoms with van der Waals surface area (Å²) in [6, 6.07) is 2.38. The smallest absolute Gasteiger partial charge is 0.426 e. The lowest BCUT2D eigenvalue weighted by Crippen LogP contribution is -2.57. The van der Waals surface area contributed by atoms with Gasteiger partial charge in [-0.05, 0) is 18.2 Å². The maximum absolute atomic E-state index is 12.4. The van der Waals surface area contributed by atoms with Gasteiger partial charge in [-0.25, -0.2) is 0 Å². The van der Waals surface area contributed by atoms with E-state index in [2.05, 4.69) is 4.74 Å². The van der Waals surface area contributed by atoms with Gasteiger partial charge >= 0.3 is 12.4 Å². The molecule has 0 aromatic heterocycles. The van der Waals surface area contributed by atoms with Crippen LogP contribution in [0.1, 0.15) is 12.0 Å². The van der Waals surface area contributed by atoms with Crippen LogP contribution in [-0.4, -0.2) is 47.7 Å². The molecular weight excluding hydrogens is 386 g/mol. The molecule has 0 amide bonds. The van der Waals surface area contributed by atoms with Gasteiger partial charge in [0.15, 0.2) is 0 Å². The van der Waals surface area contributed by atoms with Crippen molar-refractivity contribution in [1.82, 2.24) is 0 Å². The van der Waals surface area contributed by atoms with Gasteiger partial charge in [-0.2, -0.15) is 34.8 Å². The summed E-state index contributed by atoms with van der Waals surface area (Å²) in [4.78, 5) is -0.661. The molecule has 144 valence electrons. The van der Waals surface area contributed by atoms with Crippen LogP contribution in [0.15, 0.2) is 23.1 Å². The number of rotatable bonds is 6. The van der Waals surface area contributed by atoms with Gasteiger partial charge < -0.3 is 14.9 Å². The van der Waals surface area contributed by atoms with E-state index >= 15 is 0 Å². The normalized spacial score (nSPS) is 13.9. The van der Waals surface area contributed by atoms with Gasteiger partial charge in [-0.1, -0.05) is 0 Å². The maximum atomic E-state index is 12.4. The molecule has 0 heterocycles. The second kappa shape index (κ2) is 6.97. The fourth-order valence-corrected chi connectivity index (χ4v) is 2.22. The monoisotopic (exact) mass is 398 g/mol. The van der Waals surface area contributed by atoms with Crippen LogP contribution in [0.25, 0.3) is 0 Å². The van der Waals surface area contributed by atoms with E-state index in [1.54, 1.807) is 0 Å². The molecule has 0 radical (unpaired) electrons. The van der Waals surface area contributed by atoms with Crippen molar-refractivity contribution in [3.05, 3.63) is 23.8 Å². The molecule has 0 spiro atoms. The van der Waals surface area contributed by atoms with E-state index in [0.717, 1.165) is 18.2 Å². The van der Waals surface area contributed by atoms with Crippen LogP contribution in [0.2, 0.25) is 0 Å². The lowest BCUT2D eigenvalue weighted by atomic mass is 9.99. The SMILES string of the molecule is O=S(=O)(O)c1ccc(O)c(COCCC(O)(C(F)(F)F)C(F)(F)F)c1. The number of benzene rings is 1. The van der Waals surface area contributed by atoms with Crippen molar-refractivity contribution < 1.29 is 54.3 Å². The first-order chi connectivity index (χ1) is 11.1. The quantitative estimate of drug-likeness (QED) is 0.386. The van der Waals surface area contributed by atoms with Crippen molar-refractivity contribution in [2.75, 3.05) is 6.61 Å². The van der Waals surface area contributed by atoms with Crippen LogP contribution >= 0.6 is 0 Å². The van der Waals surface area contributed by atoms with E-state index in [0.29, 0.717) is 0 Å². The van der Waals surface area contributed by atoms with Gasteiger partial charge in [0.2, 0.25) is 0 Å². The molecule has 0 bridgehead atoms. The van der Waals surface area contributed by atoms with Crippen LogP contribution in [0, 0.1) is 0 Å². The molecular formula is C12H12F6O6S. The highest BCUT2D eigenvalue weighted by molar-refractivity contribution is 7.85. The Morgan fingerprint density at radius 3 is 2.00 bits per heavy atom. The Balaban J connectivity index is 2.81. The zero-order valence-corrected chi connectivity index (χ0v) is 12.9. The Kier molecular flexibility index (Phi) is 5.99. The molecule has 25 heavy (non-hydrogen) atoms. The van der Waals surface area contributed by atoms with Crippen molar-refractivity contribution in [2.24, 2.45) is 0 Å². The highest BCUT2D eigenvalue weighted by Gasteiger charge is 2.69. The van der Waals surface area contributed by atoms with Gasteiger partial charge in [0, 0.05) is 12.0 Å². The molecule has 0 fully saturated rings. The summed E-state index contributed by atoms with van der Waals surface area (Å²) in [5, 5.41) is 18.3. The molecule has 13 heteroatoms. The van der Waals surface area contributed by atoms with Crippen LogP contribution in [0.3, 0.4) is 0 Å². The lowest BCUT2D eigenvalue weighted by Gasteiger charge is -2.32. The number of phenolic OH excluding ortho intramolecular Hbond substituents is 1. The largest absolute Gasteiger partial charge is 0.508 e. The topological polar surface area (TPSA) is 104 Å². The summed E-state index contributed by atoms with van der Waals surface area (Å²) >= 11 is 0. The Hall–Kier alpha value is -1.57. The Labute approximate surface area is 137 Å².